The summed E-state index contributed by atoms with van der Waals surface area (Å²) >= 11 is 0. The van der Waals surface area contributed by atoms with Crippen LogP contribution in [-0.2, 0) is 10.0 Å². The second-order valence-electron chi connectivity index (χ2n) is 4.02. The minimum atomic E-state index is -3.61. The summed E-state index contributed by atoms with van der Waals surface area (Å²) in [5.41, 5.74) is 5.83. The van der Waals surface area contributed by atoms with E-state index in [9.17, 15) is 12.8 Å². The minimum absolute atomic E-state index is 0.113. The zero-order valence-electron chi connectivity index (χ0n) is 10.1. The van der Waals surface area contributed by atoms with Crippen molar-refractivity contribution in [1.29, 1.82) is 0 Å². The maximum Gasteiger partial charge on any atom is 0.243 e. The molecule has 2 N–H and O–H groups in total. The Morgan fingerprint density at radius 3 is 2.53 bits per heavy atom. The van der Waals surface area contributed by atoms with Crippen molar-refractivity contribution >= 4 is 10.0 Å². The molecule has 1 aromatic rings. The van der Waals surface area contributed by atoms with Crippen LogP contribution in [0.1, 0.15) is 12.5 Å². The van der Waals surface area contributed by atoms with E-state index in [1.54, 1.807) is 13.8 Å². The molecule has 17 heavy (non-hydrogen) atoms. The molecule has 0 aliphatic carbocycles. The van der Waals surface area contributed by atoms with E-state index >= 15 is 0 Å². The number of rotatable bonds is 4. The third-order valence-electron chi connectivity index (χ3n) is 2.76. The molecule has 1 rings (SSSR count). The molecule has 1 unspecified atom stereocenters. The van der Waals surface area contributed by atoms with Crippen LogP contribution >= 0.6 is 0 Å². The molecule has 0 saturated heterocycles. The van der Waals surface area contributed by atoms with Gasteiger partial charge in [0.05, 0.1) is 4.90 Å². The number of hydrogen-bond donors (Lipinski definition) is 1. The monoisotopic (exact) mass is 260 g/mol. The minimum Gasteiger partial charge on any atom is -0.329 e. The van der Waals surface area contributed by atoms with E-state index in [1.807, 2.05) is 0 Å². The quantitative estimate of drug-likeness (QED) is 0.881. The first kappa shape index (κ1) is 14.1. The van der Waals surface area contributed by atoms with E-state index in [1.165, 1.54) is 23.5 Å². The third kappa shape index (κ3) is 2.83. The predicted octanol–water partition coefficient (Wildman–Crippen LogP) is 1.10. The van der Waals surface area contributed by atoms with Gasteiger partial charge in [0.1, 0.15) is 5.82 Å². The van der Waals surface area contributed by atoms with E-state index in [2.05, 4.69) is 0 Å². The molecule has 0 amide bonds. The van der Waals surface area contributed by atoms with Gasteiger partial charge in [-0.3, -0.25) is 0 Å². The van der Waals surface area contributed by atoms with Gasteiger partial charge in [0.25, 0.3) is 0 Å². The lowest BCUT2D eigenvalue weighted by Gasteiger charge is -2.23. The second kappa shape index (κ2) is 5.12. The largest absolute Gasteiger partial charge is 0.329 e. The standard InChI is InChI=1S/C11H17FN2O2S/c1-8-6-10(12)4-5-11(8)17(15,16)14(3)9(2)7-13/h4-6,9H,7,13H2,1-3H3. The maximum atomic E-state index is 12.9. The van der Waals surface area contributed by atoms with Crippen molar-refractivity contribution in [3.63, 3.8) is 0 Å². The number of benzene rings is 1. The van der Waals surface area contributed by atoms with E-state index in [0.29, 0.717) is 5.56 Å². The Bertz CT molecular complexity index is 502. The van der Waals surface area contributed by atoms with Gasteiger partial charge in [-0.05, 0) is 37.6 Å². The van der Waals surface area contributed by atoms with Crippen LogP contribution in [0.25, 0.3) is 0 Å². The molecule has 96 valence electrons. The van der Waals surface area contributed by atoms with Crippen LogP contribution in [0.5, 0.6) is 0 Å². The van der Waals surface area contributed by atoms with Crippen molar-refractivity contribution in [1.82, 2.24) is 4.31 Å². The number of halogens is 1. The first-order chi connectivity index (χ1) is 7.80. The Balaban J connectivity index is 3.22. The van der Waals surface area contributed by atoms with E-state index in [4.69, 9.17) is 5.73 Å². The van der Waals surface area contributed by atoms with Crippen LogP contribution in [-0.4, -0.2) is 32.4 Å². The molecule has 0 aliphatic rings. The number of hydrogen-bond acceptors (Lipinski definition) is 3. The van der Waals surface area contributed by atoms with Crippen LogP contribution in [0.3, 0.4) is 0 Å². The van der Waals surface area contributed by atoms with Crippen LogP contribution in [0.15, 0.2) is 23.1 Å². The maximum absolute atomic E-state index is 12.9. The molecular weight excluding hydrogens is 243 g/mol. The first-order valence-corrected chi connectivity index (χ1v) is 6.69. The third-order valence-corrected chi connectivity index (χ3v) is 4.89. The van der Waals surface area contributed by atoms with Gasteiger partial charge in [-0.1, -0.05) is 0 Å². The summed E-state index contributed by atoms with van der Waals surface area (Å²) in [4.78, 5) is 0.113. The lowest BCUT2D eigenvalue weighted by molar-refractivity contribution is 0.394. The fourth-order valence-corrected chi connectivity index (χ4v) is 3.02. The topological polar surface area (TPSA) is 63.4 Å². The highest BCUT2D eigenvalue weighted by atomic mass is 32.2. The van der Waals surface area contributed by atoms with Crippen LogP contribution in [0.2, 0.25) is 0 Å². The zero-order valence-corrected chi connectivity index (χ0v) is 11.0. The molecule has 1 aromatic carbocycles. The fraction of sp³-hybridized carbons (Fsp3) is 0.455. The van der Waals surface area contributed by atoms with Gasteiger partial charge >= 0.3 is 0 Å². The molecule has 0 heterocycles. The van der Waals surface area contributed by atoms with E-state index in [0.717, 1.165) is 6.07 Å². The molecule has 0 radical (unpaired) electrons. The molecule has 0 saturated carbocycles. The number of nitrogens with two attached hydrogens (primary N) is 1. The molecule has 0 aromatic heterocycles. The summed E-state index contributed by atoms with van der Waals surface area (Å²) in [6, 6.07) is 3.32. The summed E-state index contributed by atoms with van der Waals surface area (Å²) in [6.45, 7) is 3.52. The SMILES string of the molecule is Cc1cc(F)ccc1S(=O)(=O)N(C)C(C)CN. The van der Waals surface area contributed by atoms with E-state index in [-0.39, 0.29) is 17.5 Å². The Morgan fingerprint density at radius 2 is 2.06 bits per heavy atom. The van der Waals surface area contributed by atoms with Crippen LogP contribution in [0.4, 0.5) is 4.39 Å². The summed E-state index contributed by atoms with van der Waals surface area (Å²) in [7, 11) is -2.14. The smallest absolute Gasteiger partial charge is 0.243 e. The highest BCUT2D eigenvalue weighted by Gasteiger charge is 2.26. The summed E-state index contributed by atoms with van der Waals surface area (Å²) in [5.74, 6) is -0.448. The van der Waals surface area contributed by atoms with Gasteiger partial charge in [0, 0.05) is 19.6 Å². The van der Waals surface area contributed by atoms with Gasteiger partial charge in [-0.2, -0.15) is 4.31 Å². The molecular formula is C11H17FN2O2S. The molecule has 0 fully saturated rings. The van der Waals surface area contributed by atoms with E-state index < -0.39 is 15.8 Å². The molecule has 6 heteroatoms. The second-order valence-corrected chi connectivity index (χ2v) is 5.98. The molecule has 4 nitrogen and oxygen atoms in total. The average Bonchev–Trinajstić information content (AvgIpc) is 2.26. The predicted molar refractivity (Wildman–Crippen MR) is 64.6 cm³/mol. The van der Waals surface area contributed by atoms with Gasteiger partial charge in [-0.15, -0.1) is 0 Å². The van der Waals surface area contributed by atoms with Crippen molar-refractivity contribution in [2.24, 2.45) is 5.73 Å². The highest BCUT2D eigenvalue weighted by molar-refractivity contribution is 7.89. The van der Waals surface area contributed by atoms with Crippen molar-refractivity contribution in [3.8, 4) is 0 Å². The number of nitrogens with zero attached hydrogens (tertiary/aromatic N) is 1. The Hall–Kier alpha value is -0.980. The average molecular weight is 260 g/mol. The van der Waals surface area contributed by atoms with Gasteiger partial charge in [-0.25, -0.2) is 12.8 Å². The number of likely N-dealkylation sites (N-methyl/N-ethyl adjacent to an activating group) is 1. The van der Waals surface area contributed by atoms with Crippen molar-refractivity contribution in [3.05, 3.63) is 29.6 Å². The molecule has 0 spiro atoms. The lowest BCUT2D eigenvalue weighted by atomic mass is 10.2. The van der Waals surface area contributed by atoms with Crippen molar-refractivity contribution < 1.29 is 12.8 Å². The zero-order chi connectivity index (χ0) is 13.2. The number of sulfonamides is 1. The summed E-state index contributed by atoms with van der Waals surface area (Å²) < 4.78 is 38.6. The van der Waals surface area contributed by atoms with Gasteiger partial charge in [0.15, 0.2) is 0 Å². The van der Waals surface area contributed by atoms with Crippen LogP contribution < -0.4 is 5.73 Å². The first-order valence-electron chi connectivity index (χ1n) is 5.25. The van der Waals surface area contributed by atoms with Crippen molar-refractivity contribution in [2.45, 2.75) is 24.8 Å². The van der Waals surface area contributed by atoms with Crippen molar-refractivity contribution in [2.75, 3.05) is 13.6 Å². The summed E-state index contributed by atoms with van der Waals surface area (Å²) in [6.07, 6.45) is 0. The molecule has 0 bridgehead atoms. The normalized spacial score (nSPS) is 14.0. The van der Waals surface area contributed by atoms with Crippen LogP contribution in [0, 0.1) is 12.7 Å². The Morgan fingerprint density at radius 1 is 1.47 bits per heavy atom. The highest BCUT2D eigenvalue weighted by Crippen LogP contribution is 2.20. The lowest BCUT2D eigenvalue weighted by Crippen LogP contribution is -2.39. The molecule has 0 aliphatic heterocycles. The Kier molecular flexibility index (Phi) is 4.24. The molecule has 1 atom stereocenters. The van der Waals surface area contributed by atoms with Gasteiger partial charge < -0.3 is 5.73 Å². The summed E-state index contributed by atoms with van der Waals surface area (Å²) in [5, 5.41) is 0. The Labute approximate surface area is 101 Å². The fourth-order valence-electron chi connectivity index (χ4n) is 1.44. The van der Waals surface area contributed by atoms with Gasteiger partial charge in [0.2, 0.25) is 10.0 Å². The number of aryl methyl sites for hydroxylation is 1.